The van der Waals surface area contributed by atoms with Gasteiger partial charge in [0.15, 0.2) is 0 Å². The first kappa shape index (κ1) is 28.8. The van der Waals surface area contributed by atoms with Crippen molar-refractivity contribution in [2.45, 2.75) is 0 Å². The minimum atomic E-state index is 0.879. The molecule has 0 aliphatic heterocycles. The van der Waals surface area contributed by atoms with E-state index in [-0.39, 0.29) is 0 Å². The molecule has 0 amide bonds. The Morgan fingerprint density at radius 1 is 0.385 bits per heavy atom. The van der Waals surface area contributed by atoms with Crippen LogP contribution in [0.25, 0.3) is 82.5 Å². The largest absolute Gasteiger partial charge is 0.455 e. The van der Waals surface area contributed by atoms with Crippen LogP contribution in [0.1, 0.15) is 0 Å². The summed E-state index contributed by atoms with van der Waals surface area (Å²) in [6.45, 7) is 0. The summed E-state index contributed by atoms with van der Waals surface area (Å²) >= 11 is 0. The van der Waals surface area contributed by atoms with Crippen molar-refractivity contribution < 1.29 is 8.83 Å². The summed E-state index contributed by atoms with van der Waals surface area (Å²) in [6.07, 6.45) is 0. The number of anilines is 3. The molecule has 0 atom stereocenters. The van der Waals surface area contributed by atoms with Crippen molar-refractivity contribution >= 4 is 82.7 Å². The van der Waals surface area contributed by atoms with Crippen molar-refractivity contribution in [1.29, 1.82) is 0 Å². The molecule has 0 saturated heterocycles. The molecule has 0 spiro atoms. The monoisotopic (exact) mass is 666 g/mol. The van der Waals surface area contributed by atoms with E-state index in [2.05, 4.69) is 173 Å². The van der Waals surface area contributed by atoms with Crippen LogP contribution in [0.2, 0.25) is 0 Å². The first-order valence-electron chi connectivity index (χ1n) is 17.6. The lowest BCUT2D eigenvalue weighted by Gasteiger charge is -2.27. The van der Waals surface area contributed by atoms with Crippen LogP contribution in [0, 0.1) is 0 Å². The van der Waals surface area contributed by atoms with Crippen LogP contribution in [0.15, 0.2) is 191 Å². The fourth-order valence-corrected chi connectivity index (χ4v) is 8.10. The average Bonchev–Trinajstić information content (AvgIpc) is 3.88. The van der Waals surface area contributed by atoms with Gasteiger partial charge in [0.2, 0.25) is 0 Å². The van der Waals surface area contributed by atoms with Gasteiger partial charge < -0.3 is 18.3 Å². The van der Waals surface area contributed by atoms with Gasteiger partial charge >= 0.3 is 0 Å². The molecule has 0 unspecified atom stereocenters. The van der Waals surface area contributed by atoms with Crippen molar-refractivity contribution in [3.63, 3.8) is 0 Å². The van der Waals surface area contributed by atoms with Gasteiger partial charge in [0, 0.05) is 55.2 Å². The molecule has 0 aliphatic rings. The number of fused-ring (bicyclic) bond motifs is 10. The summed E-state index contributed by atoms with van der Waals surface area (Å²) < 4.78 is 15.6. The first-order valence-corrected chi connectivity index (χ1v) is 17.6. The van der Waals surface area contributed by atoms with Gasteiger partial charge in [0.25, 0.3) is 0 Å². The predicted octanol–water partition coefficient (Wildman–Crippen LogP) is 13.7. The Morgan fingerprint density at radius 3 is 1.67 bits per heavy atom. The average molecular weight is 667 g/mol. The normalized spacial score (nSPS) is 11.8. The smallest absolute Gasteiger partial charge is 0.145 e. The molecule has 8 aromatic carbocycles. The molecule has 52 heavy (non-hydrogen) atoms. The van der Waals surface area contributed by atoms with E-state index in [1.807, 2.05) is 18.2 Å². The molecule has 0 fully saturated rings. The number of hydrogen-bond donors (Lipinski definition) is 0. The fourth-order valence-electron chi connectivity index (χ4n) is 8.10. The molecule has 11 rings (SSSR count). The van der Waals surface area contributed by atoms with E-state index in [0.717, 1.165) is 99.6 Å². The zero-order valence-corrected chi connectivity index (χ0v) is 28.0. The zero-order chi connectivity index (χ0) is 34.2. The second kappa shape index (κ2) is 11.2. The van der Waals surface area contributed by atoms with Gasteiger partial charge in [0.05, 0.1) is 16.4 Å². The Kier molecular flexibility index (Phi) is 6.22. The van der Waals surface area contributed by atoms with Gasteiger partial charge in [-0.2, -0.15) is 0 Å². The summed E-state index contributed by atoms with van der Waals surface area (Å²) in [7, 11) is 0. The molecule has 4 heteroatoms. The quantitative estimate of drug-likeness (QED) is 0.183. The van der Waals surface area contributed by atoms with Crippen molar-refractivity contribution in [2.75, 3.05) is 4.90 Å². The number of para-hydroxylation sites is 6. The molecule has 3 heterocycles. The highest BCUT2D eigenvalue weighted by Crippen LogP contribution is 2.44. The SMILES string of the molecule is c1ccc(N(c2ccccc2)c2cc(-c3cccc4c3oc3ccccc34)cc(-n3c4ccccc4c4c5oc6ccccc6c5ccc43)c2)cc1. The van der Waals surface area contributed by atoms with Gasteiger partial charge in [-0.1, -0.05) is 109 Å². The van der Waals surface area contributed by atoms with E-state index < -0.39 is 0 Å². The van der Waals surface area contributed by atoms with Gasteiger partial charge in [-0.25, -0.2) is 0 Å². The second-order valence-corrected chi connectivity index (χ2v) is 13.3. The van der Waals surface area contributed by atoms with Crippen LogP contribution in [-0.4, -0.2) is 4.57 Å². The van der Waals surface area contributed by atoms with Gasteiger partial charge in [0.1, 0.15) is 22.3 Å². The maximum absolute atomic E-state index is 6.64. The maximum Gasteiger partial charge on any atom is 0.145 e. The van der Waals surface area contributed by atoms with Crippen molar-refractivity contribution in [2.24, 2.45) is 0 Å². The minimum absolute atomic E-state index is 0.879. The molecule has 0 aliphatic carbocycles. The van der Waals surface area contributed by atoms with Crippen LogP contribution in [0.4, 0.5) is 17.1 Å². The molecular formula is C48H30N2O2. The Labute approximate surface area is 299 Å². The number of rotatable bonds is 5. The fraction of sp³-hybridized carbons (Fsp3) is 0. The van der Waals surface area contributed by atoms with Crippen molar-refractivity contribution in [1.82, 2.24) is 4.57 Å². The highest BCUT2D eigenvalue weighted by Gasteiger charge is 2.22. The van der Waals surface area contributed by atoms with E-state index in [9.17, 15) is 0 Å². The van der Waals surface area contributed by atoms with Crippen LogP contribution in [0.5, 0.6) is 0 Å². The zero-order valence-electron chi connectivity index (χ0n) is 28.0. The summed E-state index contributed by atoms with van der Waals surface area (Å²) in [6, 6.07) is 64.2. The number of benzene rings is 8. The van der Waals surface area contributed by atoms with E-state index in [1.165, 1.54) is 0 Å². The Morgan fingerprint density at radius 2 is 0.962 bits per heavy atom. The summed E-state index contributed by atoms with van der Waals surface area (Å²) in [5.74, 6) is 0. The molecule has 0 bridgehead atoms. The molecule has 244 valence electrons. The Bertz CT molecular complexity index is 3090. The van der Waals surface area contributed by atoms with Gasteiger partial charge in [-0.05, 0) is 78.4 Å². The number of hydrogen-bond acceptors (Lipinski definition) is 3. The van der Waals surface area contributed by atoms with Crippen LogP contribution in [0.3, 0.4) is 0 Å². The Hall–Kier alpha value is -7.04. The standard InChI is InChI=1S/C48H30N2O2/c1-3-14-32(15-4-1)49(33-16-5-2-6-17-33)34-28-31(36-21-13-22-39-37-18-8-11-24-44(37)51-47(36)39)29-35(30-34)50-42-23-10-7-20-41(42)46-43(50)27-26-40-38-19-9-12-25-45(38)52-48(40)46/h1-30H. The third kappa shape index (κ3) is 4.28. The Balaban J connectivity index is 1.25. The lowest BCUT2D eigenvalue weighted by atomic mass is 10.00. The highest BCUT2D eigenvalue weighted by atomic mass is 16.3. The highest BCUT2D eigenvalue weighted by molar-refractivity contribution is 6.24. The molecular weight excluding hydrogens is 637 g/mol. The number of nitrogens with zero attached hydrogens (tertiary/aromatic N) is 2. The van der Waals surface area contributed by atoms with E-state index in [4.69, 9.17) is 8.83 Å². The molecule has 0 N–H and O–H groups in total. The lowest BCUT2D eigenvalue weighted by molar-refractivity contribution is 0.670. The molecule has 11 aromatic rings. The van der Waals surface area contributed by atoms with Crippen LogP contribution >= 0.6 is 0 Å². The summed E-state index contributed by atoms with van der Waals surface area (Å²) in [4.78, 5) is 2.33. The molecule has 0 saturated carbocycles. The minimum Gasteiger partial charge on any atom is -0.455 e. The number of aromatic nitrogens is 1. The van der Waals surface area contributed by atoms with E-state index in [0.29, 0.717) is 0 Å². The molecule has 3 aromatic heterocycles. The topological polar surface area (TPSA) is 34.5 Å². The van der Waals surface area contributed by atoms with E-state index >= 15 is 0 Å². The van der Waals surface area contributed by atoms with Crippen molar-refractivity contribution in [3.8, 4) is 16.8 Å². The molecule has 0 radical (unpaired) electrons. The maximum atomic E-state index is 6.64. The van der Waals surface area contributed by atoms with Crippen LogP contribution in [-0.2, 0) is 0 Å². The van der Waals surface area contributed by atoms with Gasteiger partial charge in [-0.15, -0.1) is 0 Å². The van der Waals surface area contributed by atoms with Crippen molar-refractivity contribution in [3.05, 3.63) is 182 Å². The third-order valence-electron chi connectivity index (χ3n) is 10.3. The van der Waals surface area contributed by atoms with Crippen LogP contribution < -0.4 is 4.90 Å². The van der Waals surface area contributed by atoms with E-state index in [1.54, 1.807) is 0 Å². The number of furan rings is 2. The third-order valence-corrected chi connectivity index (χ3v) is 10.3. The first-order chi connectivity index (χ1) is 25.8. The summed E-state index contributed by atoms with van der Waals surface area (Å²) in [5, 5.41) is 6.72. The second-order valence-electron chi connectivity index (χ2n) is 13.3. The van der Waals surface area contributed by atoms with Gasteiger partial charge in [-0.3, -0.25) is 0 Å². The molecule has 4 nitrogen and oxygen atoms in total. The lowest BCUT2D eigenvalue weighted by Crippen LogP contribution is -2.10. The summed E-state index contributed by atoms with van der Waals surface area (Å²) in [5.41, 5.74) is 12.1. The predicted molar refractivity (Wildman–Crippen MR) is 215 cm³/mol.